The molecule has 1 fully saturated rings. The zero-order valence-electron chi connectivity index (χ0n) is 16.6. The molecule has 0 saturated carbocycles. The monoisotopic (exact) mass is 451 g/mol. The number of nitrogens with zero attached hydrogens (tertiary/aromatic N) is 4. The van der Waals surface area contributed by atoms with Gasteiger partial charge in [0.25, 0.3) is 5.91 Å². The van der Waals surface area contributed by atoms with E-state index in [0.29, 0.717) is 19.8 Å². The Morgan fingerprint density at radius 2 is 1.94 bits per heavy atom. The minimum Gasteiger partial charge on any atom is -0.379 e. The van der Waals surface area contributed by atoms with Gasteiger partial charge in [-0.05, 0) is 19.1 Å². The largest absolute Gasteiger partial charge is 0.434 e. The van der Waals surface area contributed by atoms with Gasteiger partial charge in [0.15, 0.2) is 10.8 Å². The van der Waals surface area contributed by atoms with Crippen LogP contribution in [0.15, 0.2) is 35.8 Å². The highest BCUT2D eigenvalue weighted by Crippen LogP contribution is 2.34. The Balaban J connectivity index is 1.54. The molecule has 31 heavy (non-hydrogen) atoms. The molecule has 164 valence electrons. The minimum atomic E-state index is -4.77. The molecule has 4 rings (SSSR count). The van der Waals surface area contributed by atoms with Gasteiger partial charge in [-0.3, -0.25) is 15.0 Å². The SMILES string of the molecule is Cc1ccc(-n2ncc(C(=O)Nc3nc(CN4CCOCC4)cs3)c2C(F)(F)F)cc1. The Labute approximate surface area is 180 Å². The average molecular weight is 451 g/mol. The van der Waals surface area contributed by atoms with Crippen LogP contribution in [-0.2, 0) is 17.5 Å². The fraction of sp³-hybridized carbons (Fsp3) is 0.350. The molecule has 7 nitrogen and oxygen atoms in total. The summed E-state index contributed by atoms with van der Waals surface area (Å²) >= 11 is 1.17. The van der Waals surface area contributed by atoms with Crippen LogP contribution in [0.1, 0.15) is 27.3 Å². The van der Waals surface area contributed by atoms with Gasteiger partial charge >= 0.3 is 6.18 Å². The molecule has 2 aromatic heterocycles. The number of carbonyl (C=O) groups excluding carboxylic acids is 1. The number of hydrogen-bond acceptors (Lipinski definition) is 6. The van der Waals surface area contributed by atoms with E-state index in [9.17, 15) is 18.0 Å². The Morgan fingerprint density at radius 1 is 1.23 bits per heavy atom. The van der Waals surface area contributed by atoms with Gasteiger partial charge < -0.3 is 4.74 Å². The summed E-state index contributed by atoms with van der Waals surface area (Å²) in [6.45, 7) is 5.29. The average Bonchev–Trinajstić information content (AvgIpc) is 3.36. The van der Waals surface area contributed by atoms with Crippen molar-refractivity contribution in [1.29, 1.82) is 0 Å². The van der Waals surface area contributed by atoms with Crippen molar-refractivity contribution in [2.75, 3.05) is 31.6 Å². The van der Waals surface area contributed by atoms with E-state index < -0.39 is 23.3 Å². The molecule has 0 atom stereocenters. The molecule has 0 spiro atoms. The maximum absolute atomic E-state index is 13.8. The van der Waals surface area contributed by atoms with Crippen molar-refractivity contribution in [1.82, 2.24) is 19.7 Å². The highest BCUT2D eigenvalue weighted by Gasteiger charge is 2.40. The van der Waals surface area contributed by atoms with E-state index in [-0.39, 0.29) is 10.8 Å². The van der Waals surface area contributed by atoms with Crippen molar-refractivity contribution in [3.63, 3.8) is 0 Å². The molecule has 3 aromatic rings. The molecule has 3 heterocycles. The zero-order chi connectivity index (χ0) is 22.0. The van der Waals surface area contributed by atoms with Crippen LogP contribution in [0.5, 0.6) is 0 Å². The van der Waals surface area contributed by atoms with Crippen molar-refractivity contribution in [3.05, 3.63) is 58.4 Å². The summed E-state index contributed by atoms with van der Waals surface area (Å²) < 4.78 is 47.4. The summed E-state index contributed by atoms with van der Waals surface area (Å²) in [5, 5.41) is 8.33. The Hall–Kier alpha value is -2.76. The fourth-order valence-electron chi connectivity index (χ4n) is 3.26. The second-order valence-electron chi connectivity index (χ2n) is 7.14. The first-order valence-corrected chi connectivity index (χ1v) is 10.5. The Kier molecular flexibility index (Phi) is 6.08. The smallest absolute Gasteiger partial charge is 0.379 e. The summed E-state index contributed by atoms with van der Waals surface area (Å²) in [6, 6.07) is 6.42. The van der Waals surface area contributed by atoms with Crippen LogP contribution in [0.3, 0.4) is 0 Å². The number of nitrogens with one attached hydrogen (secondary N) is 1. The van der Waals surface area contributed by atoms with E-state index in [0.717, 1.165) is 35.2 Å². The molecule has 1 aliphatic heterocycles. The summed E-state index contributed by atoms with van der Waals surface area (Å²) in [6.07, 6.45) is -3.83. The molecule has 1 amide bonds. The van der Waals surface area contributed by atoms with Crippen molar-refractivity contribution < 1.29 is 22.7 Å². The van der Waals surface area contributed by atoms with Gasteiger partial charge in [-0.15, -0.1) is 11.3 Å². The van der Waals surface area contributed by atoms with Crippen LogP contribution < -0.4 is 5.32 Å². The maximum Gasteiger partial charge on any atom is 0.434 e. The van der Waals surface area contributed by atoms with E-state index >= 15 is 0 Å². The predicted octanol–water partition coefficient (Wildman–Crippen LogP) is 3.74. The number of thiazole rings is 1. The highest BCUT2D eigenvalue weighted by molar-refractivity contribution is 7.14. The van der Waals surface area contributed by atoms with E-state index in [2.05, 4.69) is 20.3 Å². The quantitative estimate of drug-likeness (QED) is 0.640. The summed E-state index contributed by atoms with van der Waals surface area (Å²) in [5.74, 6) is -0.905. The number of carbonyl (C=O) groups is 1. The molecular weight excluding hydrogens is 431 g/mol. The number of anilines is 1. The third-order valence-corrected chi connectivity index (χ3v) is 5.63. The van der Waals surface area contributed by atoms with Crippen molar-refractivity contribution in [2.45, 2.75) is 19.6 Å². The maximum atomic E-state index is 13.8. The number of alkyl halides is 3. The fourth-order valence-corrected chi connectivity index (χ4v) is 3.96. The number of hydrogen-bond donors (Lipinski definition) is 1. The van der Waals surface area contributed by atoms with Gasteiger partial charge in [-0.25, -0.2) is 9.67 Å². The number of ether oxygens (including phenoxy) is 1. The second-order valence-corrected chi connectivity index (χ2v) is 8.00. The molecule has 0 aliphatic carbocycles. The van der Waals surface area contributed by atoms with Crippen LogP contribution in [-0.4, -0.2) is 51.9 Å². The van der Waals surface area contributed by atoms with Crippen molar-refractivity contribution in [3.8, 4) is 5.69 Å². The van der Waals surface area contributed by atoms with Gasteiger partial charge in [0.05, 0.1) is 36.4 Å². The lowest BCUT2D eigenvalue weighted by molar-refractivity contribution is -0.143. The number of benzene rings is 1. The minimum absolute atomic E-state index is 0.221. The molecule has 0 radical (unpaired) electrons. The van der Waals surface area contributed by atoms with Crippen molar-refractivity contribution in [2.24, 2.45) is 0 Å². The molecule has 11 heteroatoms. The first-order valence-electron chi connectivity index (χ1n) is 9.59. The molecular formula is C20H20F3N5O2S. The van der Waals surface area contributed by atoms with E-state index in [4.69, 9.17) is 4.74 Å². The van der Waals surface area contributed by atoms with Crippen LogP contribution in [0.2, 0.25) is 0 Å². The molecule has 1 aliphatic rings. The Bertz CT molecular complexity index is 1060. The lowest BCUT2D eigenvalue weighted by atomic mass is 10.2. The number of aryl methyl sites for hydroxylation is 1. The van der Waals surface area contributed by atoms with Crippen molar-refractivity contribution >= 4 is 22.4 Å². The number of aromatic nitrogens is 3. The standard InChI is InChI=1S/C20H20F3N5O2S/c1-13-2-4-15(5-3-13)28-17(20(21,22)23)16(10-24-28)18(29)26-19-25-14(12-31-19)11-27-6-8-30-9-7-27/h2-5,10,12H,6-9,11H2,1H3,(H,25,26,29). The molecule has 1 N–H and O–H groups in total. The van der Waals surface area contributed by atoms with E-state index in [1.54, 1.807) is 17.5 Å². The van der Waals surface area contributed by atoms with Gasteiger partial charge in [-0.1, -0.05) is 17.7 Å². The first-order chi connectivity index (χ1) is 14.8. The number of rotatable bonds is 5. The predicted molar refractivity (Wildman–Crippen MR) is 109 cm³/mol. The van der Waals surface area contributed by atoms with Gasteiger partial charge in [0.2, 0.25) is 0 Å². The third kappa shape index (κ3) is 4.94. The van der Waals surface area contributed by atoms with Crippen LogP contribution in [0, 0.1) is 6.92 Å². The molecule has 0 bridgehead atoms. The van der Waals surface area contributed by atoms with Crippen LogP contribution in [0.4, 0.5) is 18.3 Å². The molecule has 1 aromatic carbocycles. The topological polar surface area (TPSA) is 72.3 Å². The molecule has 1 saturated heterocycles. The normalized spacial score (nSPS) is 15.2. The first kappa shape index (κ1) is 21.5. The lowest BCUT2D eigenvalue weighted by Gasteiger charge is -2.25. The third-order valence-electron chi connectivity index (χ3n) is 4.82. The van der Waals surface area contributed by atoms with E-state index in [1.807, 2.05) is 6.92 Å². The highest BCUT2D eigenvalue weighted by atomic mass is 32.1. The second kappa shape index (κ2) is 8.77. The van der Waals surface area contributed by atoms with Crippen LogP contribution >= 0.6 is 11.3 Å². The number of amides is 1. The van der Waals surface area contributed by atoms with Gasteiger partial charge in [-0.2, -0.15) is 18.3 Å². The Morgan fingerprint density at radius 3 is 2.61 bits per heavy atom. The summed E-state index contributed by atoms with van der Waals surface area (Å²) in [5.41, 5.74) is 0.184. The number of morpholine rings is 1. The summed E-state index contributed by atoms with van der Waals surface area (Å²) in [4.78, 5) is 19.2. The van der Waals surface area contributed by atoms with Gasteiger partial charge in [0.1, 0.15) is 0 Å². The summed E-state index contributed by atoms with van der Waals surface area (Å²) in [7, 11) is 0. The van der Waals surface area contributed by atoms with E-state index in [1.165, 1.54) is 23.5 Å². The zero-order valence-corrected chi connectivity index (χ0v) is 17.5. The van der Waals surface area contributed by atoms with Gasteiger partial charge in [0, 0.05) is 25.0 Å². The molecule has 0 unspecified atom stereocenters. The number of halogens is 3. The lowest BCUT2D eigenvalue weighted by Crippen LogP contribution is -2.35. The van der Waals surface area contributed by atoms with Crippen LogP contribution in [0.25, 0.3) is 5.69 Å².